The number of carbonyl (C=O) groups is 1. The summed E-state index contributed by atoms with van der Waals surface area (Å²) in [6.07, 6.45) is 4.63. The van der Waals surface area contributed by atoms with Crippen molar-refractivity contribution in [2.45, 2.75) is 12.3 Å². The minimum atomic E-state index is 0.165. The van der Waals surface area contributed by atoms with Crippen molar-refractivity contribution < 1.29 is 4.79 Å². The lowest BCUT2D eigenvalue weighted by molar-refractivity contribution is 0.0946. The molecule has 4 nitrogen and oxygen atoms in total. The molecule has 1 aliphatic heterocycles. The van der Waals surface area contributed by atoms with E-state index in [2.05, 4.69) is 39.1 Å². The third-order valence-corrected chi connectivity index (χ3v) is 4.66. The molecular weight excluding hydrogens is 286 g/mol. The summed E-state index contributed by atoms with van der Waals surface area (Å²) < 4.78 is 0. The van der Waals surface area contributed by atoms with Gasteiger partial charge in [0.25, 0.3) is 0 Å². The molecule has 116 valence electrons. The molecule has 0 saturated carbocycles. The fraction of sp³-hybridized carbons (Fsp3) is 0.263. The highest BCUT2D eigenvalue weighted by Crippen LogP contribution is 2.27. The molecule has 1 aliphatic rings. The van der Waals surface area contributed by atoms with Gasteiger partial charge in [0.15, 0.2) is 5.78 Å². The van der Waals surface area contributed by atoms with Crippen LogP contribution in [0.25, 0.3) is 11.0 Å². The Balaban J connectivity index is 1.46. The molecule has 4 rings (SSSR count). The van der Waals surface area contributed by atoms with E-state index in [-0.39, 0.29) is 5.78 Å². The Morgan fingerprint density at radius 2 is 2.09 bits per heavy atom. The lowest BCUT2D eigenvalue weighted by Gasteiger charge is -2.15. The van der Waals surface area contributed by atoms with Crippen LogP contribution in [0, 0.1) is 0 Å². The molecule has 3 aromatic rings. The molecule has 1 N–H and O–H groups in total. The number of benzene rings is 1. The number of rotatable bonds is 4. The summed E-state index contributed by atoms with van der Waals surface area (Å²) >= 11 is 0. The maximum Gasteiger partial charge on any atom is 0.179 e. The van der Waals surface area contributed by atoms with Crippen LogP contribution in [0.3, 0.4) is 0 Å². The Labute approximate surface area is 135 Å². The number of aromatic nitrogens is 2. The Bertz CT molecular complexity index is 825. The first-order valence-electron chi connectivity index (χ1n) is 8.04. The van der Waals surface area contributed by atoms with Crippen molar-refractivity contribution in [2.24, 2.45) is 0 Å². The van der Waals surface area contributed by atoms with Gasteiger partial charge < -0.3 is 4.98 Å². The van der Waals surface area contributed by atoms with E-state index in [0.29, 0.717) is 12.5 Å². The molecule has 3 heterocycles. The highest BCUT2D eigenvalue weighted by molar-refractivity contribution is 6.08. The molecule has 0 bridgehead atoms. The molecule has 1 unspecified atom stereocenters. The molecule has 2 aromatic heterocycles. The van der Waals surface area contributed by atoms with Gasteiger partial charge in [0.1, 0.15) is 5.65 Å². The summed E-state index contributed by atoms with van der Waals surface area (Å²) in [5, 5.41) is 0.913. The number of likely N-dealkylation sites (tertiary alicyclic amines) is 1. The minimum absolute atomic E-state index is 0.165. The molecule has 0 spiro atoms. The zero-order valence-electron chi connectivity index (χ0n) is 12.9. The average Bonchev–Trinajstić information content (AvgIpc) is 3.22. The van der Waals surface area contributed by atoms with Crippen LogP contribution in [0.4, 0.5) is 0 Å². The molecule has 23 heavy (non-hydrogen) atoms. The maximum atomic E-state index is 12.6. The highest BCUT2D eigenvalue weighted by Gasteiger charge is 2.26. The normalized spacial score (nSPS) is 18.5. The number of carbonyl (C=O) groups excluding carboxylic acids is 1. The van der Waals surface area contributed by atoms with Crippen LogP contribution in [-0.4, -0.2) is 40.3 Å². The molecule has 0 aliphatic carbocycles. The van der Waals surface area contributed by atoms with Crippen molar-refractivity contribution in [2.75, 3.05) is 19.6 Å². The van der Waals surface area contributed by atoms with E-state index in [1.165, 1.54) is 5.56 Å². The number of Topliss-reactive ketones (excluding diaryl/α,β-unsaturated/α-hetero) is 1. The minimum Gasteiger partial charge on any atom is -0.345 e. The Morgan fingerprint density at radius 1 is 1.22 bits per heavy atom. The molecule has 4 heteroatoms. The van der Waals surface area contributed by atoms with E-state index >= 15 is 0 Å². The van der Waals surface area contributed by atoms with E-state index in [1.807, 2.05) is 18.2 Å². The lowest BCUT2D eigenvalue weighted by Crippen LogP contribution is -2.27. The summed E-state index contributed by atoms with van der Waals surface area (Å²) in [7, 11) is 0. The maximum absolute atomic E-state index is 12.6. The molecule has 1 aromatic carbocycles. The van der Waals surface area contributed by atoms with Crippen molar-refractivity contribution in [3.63, 3.8) is 0 Å². The van der Waals surface area contributed by atoms with Gasteiger partial charge >= 0.3 is 0 Å². The first-order valence-corrected chi connectivity index (χ1v) is 8.04. The Hall–Kier alpha value is -2.46. The van der Waals surface area contributed by atoms with Crippen LogP contribution in [0.1, 0.15) is 28.3 Å². The number of fused-ring (bicyclic) bond motifs is 1. The molecule has 1 fully saturated rings. The second kappa shape index (κ2) is 5.97. The van der Waals surface area contributed by atoms with Gasteiger partial charge in [-0.15, -0.1) is 0 Å². The standard InChI is InChI=1S/C19H19N3O/c23-18(17-11-21-19-16(17)7-4-9-20-19)13-22-10-8-15(12-22)14-5-2-1-3-6-14/h1-7,9,11,15H,8,10,12-13H2,(H,20,21). The number of pyridine rings is 1. The second-order valence-corrected chi connectivity index (χ2v) is 6.16. The van der Waals surface area contributed by atoms with Crippen LogP contribution in [-0.2, 0) is 0 Å². The van der Waals surface area contributed by atoms with Crippen LogP contribution < -0.4 is 0 Å². The topological polar surface area (TPSA) is 49.0 Å². The largest absolute Gasteiger partial charge is 0.345 e. The van der Waals surface area contributed by atoms with Crippen molar-refractivity contribution in [1.29, 1.82) is 0 Å². The summed E-state index contributed by atoms with van der Waals surface area (Å²) in [6, 6.07) is 14.4. The number of aromatic amines is 1. The van der Waals surface area contributed by atoms with Crippen LogP contribution in [0.5, 0.6) is 0 Å². The van der Waals surface area contributed by atoms with Crippen LogP contribution in [0.15, 0.2) is 54.9 Å². The summed E-state index contributed by atoms with van der Waals surface area (Å²) in [5.41, 5.74) is 2.90. The molecule has 0 radical (unpaired) electrons. The van der Waals surface area contributed by atoms with Gasteiger partial charge in [-0.05, 0) is 36.6 Å². The zero-order chi connectivity index (χ0) is 15.6. The van der Waals surface area contributed by atoms with Crippen LogP contribution >= 0.6 is 0 Å². The fourth-order valence-corrected chi connectivity index (χ4v) is 3.45. The van der Waals surface area contributed by atoms with E-state index < -0.39 is 0 Å². The number of nitrogens with one attached hydrogen (secondary N) is 1. The summed E-state index contributed by atoms with van der Waals surface area (Å²) in [4.78, 5) is 22.2. The number of hydrogen-bond acceptors (Lipinski definition) is 3. The quantitative estimate of drug-likeness (QED) is 0.753. The number of ketones is 1. The van der Waals surface area contributed by atoms with Gasteiger partial charge in [-0.2, -0.15) is 0 Å². The number of hydrogen-bond donors (Lipinski definition) is 1. The van der Waals surface area contributed by atoms with E-state index in [9.17, 15) is 4.79 Å². The molecular formula is C19H19N3O. The summed E-state index contributed by atoms with van der Waals surface area (Å²) in [6.45, 7) is 2.41. The number of nitrogens with zero attached hydrogens (tertiary/aromatic N) is 2. The third-order valence-electron chi connectivity index (χ3n) is 4.66. The Kier molecular flexibility index (Phi) is 3.67. The van der Waals surface area contributed by atoms with Gasteiger partial charge in [-0.25, -0.2) is 4.98 Å². The molecule has 1 atom stereocenters. The molecule has 0 amide bonds. The van der Waals surface area contributed by atoms with Crippen LogP contribution in [0.2, 0.25) is 0 Å². The van der Waals surface area contributed by atoms with Gasteiger partial charge in [0, 0.05) is 29.9 Å². The lowest BCUT2D eigenvalue weighted by atomic mass is 9.99. The predicted molar refractivity (Wildman–Crippen MR) is 90.7 cm³/mol. The summed E-state index contributed by atoms with van der Waals surface area (Å²) in [5.74, 6) is 0.701. The van der Waals surface area contributed by atoms with Gasteiger partial charge in [0.05, 0.1) is 6.54 Å². The molecule has 1 saturated heterocycles. The smallest absolute Gasteiger partial charge is 0.179 e. The van der Waals surface area contributed by atoms with E-state index in [0.717, 1.165) is 36.1 Å². The third kappa shape index (κ3) is 2.78. The second-order valence-electron chi connectivity index (χ2n) is 6.16. The van der Waals surface area contributed by atoms with Gasteiger partial charge in [0.2, 0.25) is 0 Å². The average molecular weight is 305 g/mol. The van der Waals surface area contributed by atoms with E-state index in [4.69, 9.17) is 0 Å². The first kappa shape index (κ1) is 14.2. The van der Waals surface area contributed by atoms with Gasteiger partial charge in [-0.1, -0.05) is 30.3 Å². The SMILES string of the molecule is O=C(CN1CCC(c2ccccc2)C1)c1c[nH]c2ncccc12. The first-order chi connectivity index (χ1) is 11.3. The van der Waals surface area contributed by atoms with Crippen molar-refractivity contribution in [1.82, 2.24) is 14.9 Å². The Morgan fingerprint density at radius 3 is 2.96 bits per heavy atom. The number of H-pyrrole nitrogens is 1. The van der Waals surface area contributed by atoms with Crippen molar-refractivity contribution >= 4 is 16.8 Å². The van der Waals surface area contributed by atoms with Crippen molar-refractivity contribution in [3.8, 4) is 0 Å². The van der Waals surface area contributed by atoms with Gasteiger partial charge in [-0.3, -0.25) is 9.69 Å². The van der Waals surface area contributed by atoms with Crippen molar-refractivity contribution in [3.05, 3.63) is 66.0 Å². The fourth-order valence-electron chi connectivity index (χ4n) is 3.45. The highest BCUT2D eigenvalue weighted by atomic mass is 16.1. The zero-order valence-corrected chi connectivity index (χ0v) is 12.9. The monoisotopic (exact) mass is 305 g/mol. The van der Waals surface area contributed by atoms with E-state index in [1.54, 1.807) is 12.4 Å². The predicted octanol–water partition coefficient (Wildman–Crippen LogP) is 3.24.